The van der Waals surface area contributed by atoms with Gasteiger partial charge in [-0.15, -0.1) is 0 Å². The van der Waals surface area contributed by atoms with Gasteiger partial charge in [0.05, 0.1) is 0 Å². The van der Waals surface area contributed by atoms with Crippen LogP contribution in [0.2, 0.25) is 0 Å². The Bertz CT molecular complexity index is 500. The van der Waals surface area contributed by atoms with Gasteiger partial charge in [0.15, 0.2) is 28.2 Å². The SMILES string of the molecule is O=S(=O)(O)c1c(F)c(F)c(F)c(F)c1F.[Ti]. The van der Waals surface area contributed by atoms with E-state index in [1.165, 1.54) is 0 Å². The quantitative estimate of drug-likeness (QED) is 0.282. The van der Waals surface area contributed by atoms with E-state index in [4.69, 9.17) is 4.55 Å². The van der Waals surface area contributed by atoms with Gasteiger partial charge in [0.1, 0.15) is 0 Å². The molecule has 0 aromatic heterocycles. The fraction of sp³-hybridized carbons (Fsp3) is 0. The summed E-state index contributed by atoms with van der Waals surface area (Å²) < 4.78 is 91.3. The molecule has 3 nitrogen and oxygen atoms in total. The van der Waals surface area contributed by atoms with Gasteiger partial charge >= 0.3 is 10.1 Å². The first-order valence-corrected chi connectivity index (χ1v) is 4.61. The van der Waals surface area contributed by atoms with Gasteiger partial charge in [0, 0.05) is 21.7 Å². The number of rotatable bonds is 1. The third kappa shape index (κ3) is 2.42. The molecule has 0 amide bonds. The molecule has 0 spiro atoms. The van der Waals surface area contributed by atoms with Crippen LogP contribution < -0.4 is 0 Å². The summed E-state index contributed by atoms with van der Waals surface area (Å²) in [6, 6.07) is 0. The molecule has 0 fully saturated rings. The molecule has 88 valence electrons. The summed E-state index contributed by atoms with van der Waals surface area (Å²) in [4.78, 5) is -2.26. The van der Waals surface area contributed by atoms with Crippen molar-refractivity contribution in [3.05, 3.63) is 29.1 Å². The summed E-state index contributed by atoms with van der Waals surface area (Å²) in [5.74, 6) is -12.6. The Labute approximate surface area is 101 Å². The maximum absolute atomic E-state index is 12.6. The Balaban J connectivity index is 0.00000225. The molecular weight excluding hydrogens is 295 g/mol. The van der Waals surface area contributed by atoms with Crippen LogP contribution in [0.1, 0.15) is 0 Å². The van der Waals surface area contributed by atoms with E-state index in [1.54, 1.807) is 0 Å². The van der Waals surface area contributed by atoms with Gasteiger partial charge in [0.2, 0.25) is 5.82 Å². The van der Waals surface area contributed by atoms with Crippen molar-refractivity contribution in [2.75, 3.05) is 0 Å². The third-order valence-electron chi connectivity index (χ3n) is 1.43. The zero-order valence-electron chi connectivity index (χ0n) is 7.06. The van der Waals surface area contributed by atoms with Gasteiger partial charge in [-0.1, -0.05) is 0 Å². The molecule has 0 unspecified atom stereocenters. The van der Waals surface area contributed by atoms with Crippen molar-refractivity contribution < 1.29 is 56.6 Å². The molecule has 10 heteroatoms. The first kappa shape index (κ1) is 15.5. The zero-order valence-corrected chi connectivity index (χ0v) is 9.44. The van der Waals surface area contributed by atoms with Crippen LogP contribution >= 0.6 is 0 Å². The summed E-state index contributed by atoms with van der Waals surface area (Å²) in [6.07, 6.45) is 0. The number of halogens is 5. The minimum atomic E-state index is -5.52. The molecule has 0 atom stereocenters. The predicted octanol–water partition coefficient (Wildman–Crippen LogP) is 1.63. The maximum Gasteiger partial charge on any atom is 0.300 e. The van der Waals surface area contributed by atoms with Crippen LogP contribution in [0.25, 0.3) is 0 Å². The van der Waals surface area contributed by atoms with Crippen LogP contribution in [0.5, 0.6) is 0 Å². The Morgan fingerprint density at radius 2 is 1.00 bits per heavy atom. The molecule has 1 aromatic rings. The third-order valence-corrected chi connectivity index (χ3v) is 2.30. The molecule has 0 saturated carbocycles. The van der Waals surface area contributed by atoms with E-state index in [2.05, 4.69) is 0 Å². The molecule has 0 aliphatic carbocycles. The van der Waals surface area contributed by atoms with E-state index in [0.29, 0.717) is 0 Å². The van der Waals surface area contributed by atoms with Crippen molar-refractivity contribution in [1.29, 1.82) is 0 Å². The second-order valence-corrected chi connectivity index (χ2v) is 3.73. The van der Waals surface area contributed by atoms with Gasteiger partial charge < -0.3 is 0 Å². The number of hydrogen-bond acceptors (Lipinski definition) is 2. The Hall–Kier alpha value is -0.506. The van der Waals surface area contributed by atoms with E-state index in [-0.39, 0.29) is 21.7 Å². The van der Waals surface area contributed by atoms with E-state index < -0.39 is 44.1 Å². The van der Waals surface area contributed by atoms with Crippen molar-refractivity contribution in [3.63, 3.8) is 0 Å². The minimum Gasteiger partial charge on any atom is -0.282 e. The van der Waals surface area contributed by atoms with Crippen LogP contribution in [-0.4, -0.2) is 13.0 Å². The molecule has 0 saturated heterocycles. The standard InChI is InChI=1S/C6HF5O3S.Ti/c7-1-2(8)4(10)6(15(12,13)14)5(11)3(1)9;/h(H,12,13,14);. The van der Waals surface area contributed by atoms with Crippen LogP contribution in [0.15, 0.2) is 4.90 Å². The van der Waals surface area contributed by atoms with Crippen LogP contribution in [-0.2, 0) is 31.8 Å². The molecular formula is C6HF5O3STi. The van der Waals surface area contributed by atoms with E-state index in [9.17, 15) is 30.4 Å². The van der Waals surface area contributed by atoms with E-state index in [1.807, 2.05) is 0 Å². The van der Waals surface area contributed by atoms with Gasteiger partial charge in [-0.25, -0.2) is 22.0 Å². The summed E-state index contributed by atoms with van der Waals surface area (Å²) in [5, 5.41) is 0. The molecule has 0 aliphatic heterocycles. The molecule has 0 heterocycles. The van der Waals surface area contributed by atoms with E-state index >= 15 is 0 Å². The minimum absolute atomic E-state index is 0. The van der Waals surface area contributed by atoms with Crippen molar-refractivity contribution in [1.82, 2.24) is 0 Å². The molecule has 1 rings (SSSR count). The van der Waals surface area contributed by atoms with Gasteiger partial charge in [-0.2, -0.15) is 8.42 Å². The van der Waals surface area contributed by atoms with E-state index in [0.717, 1.165) is 0 Å². The summed E-state index contributed by atoms with van der Waals surface area (Å²) >= 11 is 0. The molecule has 0 bridgehead atoms. The molecule has 0 aliphatic rings. The first-order valence-electron chi connectivity index (χ1n) is 3.16. The fourth-order valence-corrected chi connectivity index (χ4v) is 1.44. The maximum atomic E-state index is 12.6. The molecule has 16 heavy (non-hydrogen) atoms. The van der Waals surface area contributed by atoms with Crippen LogP contribution in [0, 0.1) is 29.1 Å². The van der Waals surface area contributed by atoms with Crippen molar-refractivity contribution >= 4 is 10.1 Å². The number of hydrogen-bond donors (Lipinski definition) is 1. The second-order valence-electron chi connectivity index (χ2n) is 2.37. The number of benzene rings is 1. The molecule has 1 N–H and O–H groups in total. The normalized spacial score (nSPS) is 11.1. The average molecular weight is 296 g/mol. The van der Waals surface area contributed by atoms with Crippen LogP contribution in [0.3, 0.4) is 0 Å². The largest absolute Gasteiger partial charge is 0.300 e. The second kappa shape index (κ2) is 4.78. The monoisotopic (exact) mass is 296 g/mol. The van der Waals surface area contributed by atoms with Crippen LogP contribution in [0.4, 0.5) is 22.0 Å². The Kier molecular flexibility index (Phi) is 4.63. The fourth-order valence-electron chi connectivity index (χ4n) is 0.811. The summed E-state index contributed by atoms with van der Waals surface area (Å²) in [5.41, 5.74) is 0. The van der Waals surface area contributed by atoms with Gasteiger partial charge in [-0.3, -0.25) is 4.55 Å². The summed E-state index contributed by atoms with van der Waals surface area (Å²) in [7, 11) is -5.52. The smallest absolute Gasteiger partial charge is 0.282 e. The average Bonchev–Trinajstić information content (AvgIpc) is 2.09. The molecule has 1 aromatic carbocycles. The molecule has 0 radical (unpaired) electrons. The zero-order chi connectivity index (χ0) is 12.0. The van der Waals surface area contributed by atoms with Crippen molar-refractivity contribution in [2.24, 2.45) is 0 Å². The topological polar surface area (TPSA) is 54.4 Å². The van der Waals surface area contributed by atoms with Gasteiger partial charge in [-0.05, 0) is 0 Å². The van der Waals surface area contributed by atoms with Crippen molar-refractivity contribution in [2.45, 2.75) is 4.90 Å². The Morgan fingerprint density at radius 1 is 0.750 bits per heavy atom. The van der Waals surface area contributed by atoms with Gasteiger partial charge in [0.25, 0.3) is 0 Å². The summed E-state index contributed by atoms with van der Waals surface area (Å²) in [6.45, 7) is 0. The predicted molar refractivity (Wildman–Crippen MR) is 36.0 cm³/mol. The van der Waals surface area contributed by atoms with Crippen molar-refractivity contribution in [3.8, 4) is 0 Å². The Morgan fingerprint density at radius 3 is 1.25 bits per heavy atom. The first-order chi connectivity index (χ1) is 6.68.